The molecule has 0 radical (unpaired) electrons. The Morgan fingerprint density at radius 1 is 0.833 bits per heavy atom. The Bertz CT molecular complexity index is 800. The van der Waals surface area contributed by atoms with Crippen molar-refractivity contribution in [3.05, 3.63) is 24.3 Å². The van der Waals surface area contributed by atoms with Crippen molar-refractivity contribution < 1.29 is 43.9 Å². The molecule has 17 heteroatoms. The lowest BCUT2D eigenvalue weighted by Crippen LogP contribution is -2.45. The Morgan fingerprint density at radius 3 is 1.50 bits per heavy atom. The molecule has 0 aliphatic carbocycles. The van der Waals surface area contributed by atoms with E-state index in [9.17, 15) is 28.8 Å². The van der Waals surface area contributed by atoms with Gasteiger partial charge in [0.2, 0.25) is 5.91 Å². The molecule has 2 aliphatic rings. The lowest BCUT2D eigenvalue weighted by Gasteiger charge is -2.13. The van der Waals surface area contributed by atoms with E-state index in [1.807, 2.05) is 0 Å². The second kappa shape index (κ2) is 18.9. The SMILES string of the molecule is C.CB(O)NN.CB(O)NNC(=O)CCCN1C(=O)C=CC1=O.O=C(O)CCCN1C(=O)C=CC1=O. The van der Waals surface area contributed by atoms with Crippen LogP contribution in [0.15, 0.2) is 24.3 Å². The van der Waals surface area contributed by atoms with Gasteiger partial charge in [-0.2, -0.15) is 0 Å². The minimum absolute atomic E-state index is 0. The van der Waals surface area contributed by atoms with Crippen LogP contribution in [0.4, 0.5) is 0 Å². The summed E-state index contributed by atoms with van der Waals surface area (Å²) in [4.78, 5) is 67.6. The molecule has 0 bridgehead atoms. The molecule has 0 fully saturated rings. The summed E-state index contributed by atoms with van der Waals surface area (Å²) in [6.07, 6.45) is 5.59. The van der Waals surface area contributed by atoms with Crippen molar-refractivity contribution in [2.75, 3.05) is 13.1 Å². The monoisotopic (exact) mass is 512 g/mol. The third kappa shape index (κ3) is 15.5. The van der Waals surface area contributed by atoms with Gasteiger partial charge < -0.3 is 20.6 Å². The van der Waals surface area contributed by atoms with Crippen LogP contribution in [-0.4, -0.2) is 87.7 Å². The zero-order valence-corrected chi connectivity index (χ0v) is 19.5. The first kappa shape index (κ1) is 34.8. The van der Waals surface area contributed by atoms with Gasteiger partial charge >= 0.3 is 20.1 Å². The first-order valence-corrected chi connectivity index (χ1v) is 10.5. The van der Waals surface area contributed by atoms with Gasteiger partial charge in [-0.3, -0.25) is 49.7 Å². The van der Waals surface area contributed by atoms with Crippen molar-refractivity contribution in [3.63, 3.8) is 0 Å². The number of amides is 5. The number of hydrogen-bond acceptors (Lipinski definition) is 11. The number of nitrogens with one attached hydrogen (secondary N) is 3. The van der Waals surface area contributed by atoms with Crippen LogP contribution in [0.1, 0.15) is 33.1 Å². The average Bonchev–Trinajstić information content (AvgIpc) is 3.28. The highest BCUT2D eigenvalue weighted by Crippen LogP contribution is 2.06. The van der Waals surface area contributed by atoms with Gasteiger partial charge in [-0.25, -0.2) is 5.34 Å². The highest BCUT2D eigenvalue weighted by molar-refractivity contribution is 6.45. The van der Waals surface area contributed by atoms with E-state index in [0.717, 1.165) is 9.80 Å². The molecular formula is C19H34B2N6O9. The van der Waals surface area contributed by atoms with Gasteiger partial charge in [0.15, 0.2) is 0 Å². The number of aliphatic carboxylic acids is 1. The third-order valence-electron chi connectivity index (χ3n) is 4.02. The smallest absolute Gasteiger partial charge is 0.392 e. The van der Waals surface area contributed by atoms with E-state index in [4.69, 9.17) is 15.2 Å². The summed E-state index contributed by atoms with van der Waals surface area (Å²) < 4.78 is 0. The maximum Gasteiger partial charge on any atom is 0.392 e. The van der Waals surface area contributed by atoms with Gasteiger partial charge in [0.1, 0.15) is 0 Å². The number of carbonyl (C=O) groups is 6. The first-order valence-electron chi connectivity index (χ1n) is 10.5. The molecule has 0 aromatic heterocycles. The Balaban J connectivity index is 0. The number of carbonyl (C=O) groups excluding carboxylic acids is 5. The molecule has 36 heavy (non-hydrogen) atoms. The third-order valence-corrected chi connectivity index (χ3v) is 4.02. The number of nitrogens with two attached hydrogens (primary N) is 1. The lowest BCUT2D eigenvalue weighted by atomic mass is 9.91. The molecule has 0 aromatic carbocycles. The molecule has 2 heterocycles. The number of nitrogens with zero attached hydrogens (tertiary/aromatic N) is 2. The van der Waals surface area contributed by atoms with Gasteiger partial charge in [0, 0.05) is 50.2 Å². The molecule has 8 N–H and O–H groups in total. The van der Waals surface area contributed by atoms with E-state index >= 15 is 0 Å². The molecule has 0 unspecified atom stereocenters. The molecule has 0 aromatic rings. The fourth-order valence-corrected chi connectivity index (χ4v) is 2.34. The largest absolute Gasteiger partial charge is 0.481 e. The fourth-order valence-electron chi connectivity index (χ4n) is 2.34. The normalized spacial score (nSPS) is 13.5. The standard InChI is InChI=1S/C9H14BN3O4.C8H9NO4.CH7BN2O.CH4/c1-10(17)12-11-7(14)3-2-6-13-8(15)4-5-9(13)16;10-6-3-4-7(11)9(6)5-1-2-8(12)13;1-2(5)4-3;/h4-5,12,17H,2-3,6H2,1H3,(H,11,14);3-4H,1-2,5H2,(H,12,13);4-5H,3H2,1H3;1H4. The second-order valence-electron chi connectivity index (χ2n) is 7.13. The Kier molecular flexibility index (Phi) is 18.3. The molecule has 2 aliphatic heterocycles. The number of carboxylic acid groups (broad SMARTS) is 1. The van der Waals surface area contributed by atoms with Crippen LogP contribution in [0.5, 0.6) is 0 Å². The molecule has 0 atom stereocenters. The van der Waals surface area contributed by atoms with Crippen LogP contribution in [0.2, 0.25) is 13.6 Å². The Labute approximate surface area is 209 Å². The van der Waals surface area contributed by atoms with Crippen LogP contribution >= 0.6 is 0 Å². The summed E-state index contributed by atoms with van der Waals surface area (Å²) in [5.41, 5.74) is 2.29. The number of carboxylic acids is 1. The zero-order valence-electron chi connectivity index (χ0n) is 19.5. The average molecular weight is 512 g/mol. The Morgan fingerprint density at radius 2 is 1.19 bits per heavy atom. The minimum atomic E-state index is -0.924. The van der Waals surface area contributed by atoms with Crippen molar-refractivity contribution >= 4 is 49.6 Å². The number of hydrogen-bond donors (Lipinski definition) is 7. The quantitative estimate of drug-likeness (QED) is 0.0654. The van der Waals surface area contributed by atoms with Gasteiger partial charge in [0.05, 0.1) is 0 Å². The predicted molar refractivity (Wildman–Crippen MR) is 131 cm³/mol. The van der Waals surface area contributed by atoms with Crippen LogP contribution in [0.3, 0.4) is 0 Å². The van der Waals surface area contributed by atoms with Crippen molar-refractivity contribution in [1.29, 1.82) is 0 Å². The molecule has 5 amide bonds. The van der Waals surface area contributed by atoms with E-state index in [1.165, 1.54) is 31.1 Å². The topological polar surface area (TPSA) is 232 Å². The molecule has 200 valence electrons. The van der Waals surface area contributed by atoms with E-state index in [-0.39, 0.29) is 62.9 Å². The molecule has 0 saturated heterocycles. The van der Waals surface area contributed by atoms with Crippen molar-refractivity contribution in [2.45, 2.75) is 46.8 Å². The van der Waals surface area contributed by atoms with Gasteiger partial charge in [-0.05, 0) is 26.5 Å². The molecule has 0 spiro atoms. The highest BCUT2D eigenvalue weighted by Gasteiger charge is 2.23. The molecule has 0 saturated carbocycles. The van der Waals surface area contributed by atoms with Crippen molar-refractivity contribution in [1.82, 2.24) is 25.9 Å². The summed E-state index contributed by atoms with van der Waals surface area (Å²) in [6.45, 7) is 3.40. The van der Waals surface area contributed by atoms with Crippen molar-refractivity contribution in [2.24, 2.45) is 5.84 Å². The van der Waals surface area contributed by atoms with Crippen LogP contribution in [0, 0.1) is 0 Å². The van der Waals surface area contributed by atoms with E-state index in [1.54, 1.807) is 6.82 Å². The summed E-state index contributed by atoms with van der Waals surface area (Å²) in [5, 5.41) is 29.7. The molecular weight excluding hydrogens is 478 g/mol. The number of imide groups is 2. The lowest BCUT2D eigenvalue weighted by molar-refractivity contribution is -0.140. The van der Waals surface area contributed by atoms with Gasteiger partial charge in [0.25, 0.3) is 23.6 Å². The van der Waals surface area contributed by atoms with Crippen LogP contribution in [-0.2, 0) is 28.8 Å². The minimum Gasteiger partial charge on any atom is -0.481 e. The van der Waals surface area contributed by atoms with Gasteiger partial charge in [-0.15, -0.1) is 0 Å². The van der Waals surface area contributed by atoms with E-state index in [2.05, 4.69) is 21.9 Å². The van der Waals surface area contributed by atoms with Gasteiger partial charge in [-0.1, -0.05) is 7.43 Å². The highest BCUT2D eigenvalue weighted by atomic mass is 16.4. The molecule has 2 rings (SSSR count). The van der Waals surface area contributed by atoms with Crippen molar-refractivity contribution in [3.8, 4) is 0 Å². The maximum absolute atomic E-state index is 11.2. The summed E-state index contributed by atoms with van der Waals surface area (Å²) in [5.74, 6) is 2.01. The predicted octanol–water partition coefficient (Wildman–Crippen LogP) is -2.60. The van der Waals surface area contributed by atoms with E-state index < -0.39 is 20.1 Å². The van der Waals surface area contributed by atoms with E-state index in [0.29, 0.717) is 12.8 Å². The Hall–Kier alpha value is -3.37. The van der Waals surface area contributed by atoms with Crippen LogP contribution in [0.25, 0.3) is 0 Å². The zero-order chi connectivity index (χ0) is 27.0. The number of rotatable bonds is 11. The van der Waals surface area contributed by atoms with Crippen LogP contribution < -0.4 is 21.9 Å². The fraction of sp³-hybridized carbons (Fsp3) is 0.474. The number of hydrazine groups is 2. The first-order chi connectivity index (χ1) is 16.4. The second-order valence-corrected chi connectivity index (χ2v) is 7.13. The molecule has 15 nitrogen and oxygen atoms in total. The summed E-state index contributed by atoms with van der Waals surface area (Å²) in [7, 11) is -1.42. The maximum atomic E-state index is 11.2. The summed E-state index contributed by atoms with van der Waals surface area (Å²) in [6, 6.07) is 0. The summed E-state index contributed by atoms with van der Waals surface area (Å²) >= 11 is 0.